The van der Waals surface area contributed by atoms with Crippen LogP contribution in [0.2, 0.25) is 0 Å². The molecule has 0 amide bonds. The molecule has 0 spiro atoms. The summed E-state index contributed by atoms with van der Waals surface area (Å²) in [6.07, 6.45) is 7.99. The Morgan fingerprint density at radius 1 is 0.775 bits per heavy atom. The van der Waals surface area contributed by atoms with Gasteiger partial charge in [0.1, 0.15) is 0 Å². The monoisotopic (exact) mass is 533 g/mol. The summed E-state index contributed by atoms with van der Waals surface area (Å²) in [5.41, 5.74) is 9.76. The molecule has 0 fully saturated rings. The number of aromatic nitrogens is 3. The van der Waals surface area contributed by atoms with E-state index in [0.29, 0.717) is 11.8 Å². The van der Waals surface area contributed by atoms with Gasteiger partial charge in [-0.15, -0.1) is 10.2 Å². The second-order valence-corrected chi connectivity index (χ2v) is 12.1. The van der Waals surface area contributed by atoms with E-state index in [4.69, 9.17) is 10.2 Å². The van der Waals surface area contributed by atoms with Gasteiger partial charge in [0, 0.05) is 16.5 Å². The number of aryl methyl sites for hydroxylation is 2. The van der Waals surface area contributed by atoms with Crippen molar-refractivity contribution in [2.24, 2.45) is 0 Å². The third kappa shape index (κ3) is 5.57. The molecular formula is C37H47N3. The van der Waals surface area contributed by atoms with Crippen molar-refractivity contribution < 1.29 is 0 Å². The topological polar surface area (TPSA) is 30.7 Å². The highest BCUT2D eigenvalue weighted by molar-refractivity contribution is 5.74. The number of allylic oxidation sites excluding steroid dienone is 2. The number of hydrogen-bond acceptors (Lipinski definition) is 2. The van der Waals surface area contributed by atoms with Crippen molar-refractivity contribution in [3.05, 3.63) is 101 Å². The maximum atomic E-state index is 5.02. The van der Waals surface area contributed by atoms with Crippen LogP contribution in [0.5, 0.6) is 0 Å². The molecule has 1 aromatic heterocycles. The summed E-state index contributed by atoms with van der Waals surface area (Å²) < 4.78 is 2.38. The minimum Gasteiger partial charge on any atom is -0.274 e. The standard InChI is InChI=1S/C37H47N3/c1-10-12-15-24-37(9,11-2)32-23-14-13-20-31(32)35-38-39-36(33-27(7)18-16-19-28(33)8)40(35)34-29(25(3)4)21-17-22-30(34)26(5)6/h13-26H,10-12H2,1-9H3. The van der Waals surface area contributed by atoms with Crippen molar-refractivity contribution in [2.45, 2.75) is 98.8 Å². The maximum Gasteiger partial charge on any atom is 0.169 e. The van der Waals surface area contributed by atoms with Crippen molar-refractivity contribution in [1.82, 2.24) is 14.8 Å². The highest BCUT2D eigenvalue weighted by Gasteiger charge is 2.30. The van der Waals surface area contributed by atoms with E-state index >= 15 is 0 Å². The predicted octanol–water partition coefficient (Wildman–Crippen LogP) is 10.5. The lowest BCUT2D eigenvalue weighted by Crippen LogP contribution is -2.20. The third-order valence-electron chi connectivity index (χ3n) is 8.39. The summed E-state index contributed by atoms with van der Waals surface area (Å²) in [6.45, 7) is 20.4. The van der Waals surface area contributed by atoms with Crippen LogP contribution >= 0.6 is 0 Å². The van der Waals surface area contributed by atoms with Crippen molar-refractivity contribution >= 4 is 0 Å². The van der Waals surface area contributed by atoms with Crippen LogP contribution < -0.4 is 0 Å². The zero-order valence-corrected chi connectivity index (χ0v) is 26.0. The molecule has 0 aliphatic rings. The average Bonchev–Trinajstić information content (AvgIpc) is 3.36. The molecule has 0 saturated carbocycles. The molecule has 0 bridgehead atoms. The van der Waals surface area contributed by atoms with Crippen LogP contribution in [0.3, 0.4) is 0 Å². The van der Waals surface area contributed by atoms with Gasteiger partial charge in [-0.3, -0.25) is 4.57 Å². The fourth-order valence-electron chi connectivity index (χ4n) is 5.85. The van der Waals surface area contributed by atoms with E-state index < -0.39 is 0 Å². The molecule has 4 aromatic rings. The molecule has 1 unspecified atom stereocenters. The Morgan fingerprint density at radius 3 is 1.93 bits per heavy atom. The quantitative estimate of drug-likeness (QED) is 0.190. The van der Waals surface area contributed by atoms with Gasteiger partial charge in [-0.1, -0.05) is 128 Å². The molecule has 0 N–H and O–H groups in total. The molecular weight excluding hydrogens is 486 g/mol. The number of unbranched alkanes of at least 4 members (excludes halogenated alkanes) is 1. The first-order valence-electron chi connectivity index (χ1n) is 15.1. The van der Waals surface area contributed by atoms with E-state index in [1.807, 2.05) is 0 Å². The smallest absolute Gasteiger partial charge is 0.169 e. The molecule has 1 atom stereocenters. The fourth-order valence-corrected chi connectivity index (χ4v) is 5.85. The van der Waals surface area contributed by atoms with Gasteiger partial charge in [0.15, 0.2) is 11.6 Å². The predicted molar refractivity (Wildman–Crippen MR) is 172 cm³/mol. The van der Waals surface area contributed by atoms with Gasteiger partial charge < -0.3 is 0 Å². The Bertz CT molecular complexity index is 1440. The lowest BCUT2D eigenvalue weighted by molar-refractivity contribution is 0.571. The zero-order chi connectivity index (χ0) is 29.0. The van der Waals surface area contributed by atoms with E-state index in [1.54, 1.807) is 0 Å². The summed E-state index contributed by atoms with van der Waals surface area (Å²) >= 11 is 0. The number of nitrogens with zero attached hydrogens (tertiary/aromatic N) is 3. The molecule has 1 heterocycles. The van der Waals surface area contributed by atoms with Crippen LogP contribution in [0.1, 0.15) is 107 Å². The molecule has 40 heavy (non-hydrogen) atoms. The zero-order valence-electron chi connectivity index (χ0n) is 26.0. The lowest BCUT2D eigenvalue weighted by Gasteiger charge is -2.29. The average molecular weight is 534 g/mol. The van der Waals surface area contributed by atoms with E-state index in [0.717, 1.165) is 42.0 Å². The van der Waals surface area contributed by atoms with Gasteiger partial charge in [-0.25, -0.2) is 0 Å². The van der Waals surface area contributed by atoms with Gasteiger partial charge in [0.2, 0.25) is 0 Å². The lowest BCUT2D eigenvalue weighted by atomic mass is 9.77. The molecule has 210 valence electrons. The second kappa shape index (κ2) is 12.4. The Morgan fingerprint density at radius 2 is 1.35 bits per heavy atom. The molecule has 0 aliphatic heterocycles. The Balaban J connectivity index is 2.14. The molecule has 0 saturated heterocycles. The summed E-state index contributed by atoms with van der Waals surface area (Å²) in [5, 5.41) is 10.00. The van der Waals surface area contributed by atoms with E-state index in [2.05, 4.69) is 140 Å². The van der Waals surface area contributed by atoms with E-state index in [-0.39, 0.29) is 5.41 Å². The Kier molecular flexibility index (Phi) is 9.13. The van der Waals surface area contributed by atoms with Crippen molar-refractivity contribution in [3.8, 4) is 28.5 Å². The van der Waals surface area contributed by atoms with Gasteiger partial charge in [0.25, 0.3) is 0 Å². The van der Waals surface area contributed by atoms with Crippen molar-refractivity contribution in [2.75, 3.05) is 0 Å². The highest BCUT2D eigenvalue weighted by atomic mass is 15.3. The Labute approximate surface area is 242 Å². The summed E-state index contributed by atoms with van der Waals surface area (Å²) in [6, 6.07) is 22.1. The first kappa shape index (κ1) is 29.5. The molecule has 3 heteroatoms. The highest BCUT2D eigenvalue weighted by Crippen LogP contribution is 2.42. The number of benzene rings is 3. The van der Waals surface area contributed by atoms with Crippen LogP contribution in [-0.2, 0) is 5.41 Å². The van der Waals surface area contributed by atoms with Gasteiger partial charge in [0.05, 0.1) is 5.69 Å². The van der Waals surface area contributed by atoms with Crippen LogP contribution in [-0.4, -0.2) is 14.8 Å². The molecule has 3 aromatic carbocycles. The van der Waals surface area contributed by atoms with Crippen LogP contribution in [0.4, 0.5) is 0 Å². The molecule has 0 radical (unpaired) electrons. The van der Waals surface area contributed by atoms with Gasteiger partial charge in [-0.05, 0) is 66.3 Å². The first-order chi connectivity index (χ1) is 19.1. The van der Waals surface area contributed by atoms with Crippen LogP contribution in [0, 0.1) is 13.8 Å². The molecule has 4 rings (SSSR count). The largest absolute Gasteiger partial charge is 0.274 e. The van der Waals surface area contributed by atoms with Gasteiger partial charge in [-0.2, -0.15) is 0 Å². The third-order valence-corrected chi connectivity index (χ3v) is 8.39. The van der Waals surface area contributed by atoms with Gasteiger partial charge >= 0.3 is 0 Å². The minimum atomic E-state index is -0.111. The number of para-hydroxylation sites is 1. The van der Waals surface area contributed by atoms with Crippen molar-refractivity contribution in [3.63, 3.8) is 0 Å². The summed E-state index contributed by atoms with van der Waals surface area (Å²) in [5.74, 6) is 2.52. The van der Waals surface area contributed by atoms with Crippen LogP contribution in [0.15, 0.2) is 72.8 Å². The SMILES string of the molecule is CCCC=CC(C)(CC)c1ccccc1-c1nnc(-c2c(C)cccc2C)n1-c1c(C(C)C)cccc1C(C)C. The normalized spacial score (nSPS) is 13.5. The summed E-state index contributed by atoms with van der Waals surface area (Å²) in [7, 11) is 0. The molecule has 0 aliphatic carbocycles. The van der Waals surface area contributed by atoms with E-state index in [9.17, 15) is 0 Å². The fraction of sp³-hybridized carbons (Fsp3) is 0.405. The number of rotatable bonds is 10. The molecule has 3 nitrogen and oxygen atoms in total. The minimum absolute atomic E-state index is 0.111. The first-order valence-corrected chi connectivity index (χ1v) is 15.1. The van der Waals surface area contributed by atoms with Crippen molar-refractivity contribution in [1.29, 1.82) is 0 Å². The summed E-state index contributed by atoms with van der Waals surface area (Å²) in [4.78, 5) is 0. The second-order valence-electron chi connectivity index (χ2n) is 12.1. The number of hydrogen-bond donors (Lipinski definition) is 0. The Hall–Kier alpha value is -3.46. The van der Waals surface area contributed by atoms with Crippen LogP contribution in [0.25, 0.3) is 28.5 Å². The van der Waals surface area contributed by atoms with E-state index in [1.165, 1.54) is 33.5 Å². The maximum absolute atomic E-state index is 5.02.